The van der Waals surface area contributed by atoms with E-state index in [1.54, 1.807) is 0 Å². The van der Waals surface area contributed by atoms with Crippen LogP contribution < -0.4 is 0 Å². The monoisotopic (exact) mass is 1130 g/mol. The number of hydrogen-bond acceptors (Lipinski definition) is 1. The zero-order valence-corrected chi connectivity index (χ0v) is 44.1. The van der Waals surface area contributed by atoms with Crippen LogP contribution in [-0.4, -0.2) is 11.5 Å². The third-order valence-corrected chi connectivity index (χ3v) is 1.58. The molecule has 0 fully saturated rings. The van der Waals surface area contributed by atoms with E-state index in [1.165, 1.54) is 0 Å². The van der Waals surface area contributed by atoms with Gasteiger partial charge in [-0.25, -0.2) is 0 Å². The molecule has 0 spiro atoms. The van der Waals surface area contributed by atoms with Crippen LogP contribution in [0.5, 0.6) is 0 Å². The summed E-state index contributed by atoms with van der Waals surface area (Å²) in [5.41, 5.74) is 0.762. The number of carbonyl (C=O) groups is 1. The minimum absolute atomic E-state index is 0. The van der Waals surface area contributed by atoms with Crippen molar-refractivity contribution in [2.45, 2.75) is 0 Å². The molecule has 0 saturated heterocycles. The van der Waals surface area contributed by atoms with E-state index in [2.05, 4.69) is 12.6 Å². The van der Waals surface area contributed by atoms with Gasteiger partial charge in [-0.05, 0) is 12.6 Å². The zero-order chi connectivity index (χ0) is 7.40. The van der Waals surface area contributed by atoms with E-state index in [9.17, 15) is 4.79 Å². The van der Waals surface area contributed by atoms with E-state index in [-0.39, 0.29) is 366 Å². The topological polar surface area (TPSA) is 17.1 Å². The van der Waals surface area contributed by atoms with Gasteiger partial charge in [-0.1, -0.05) is 30.3 Å². The molecule has 13 heteroatoms. The molecule has 0 unspecified atom stereocenters. The van der Waals surface area contributed by atoms with Crippen LogP contribution >= 0.6 is 0 Å². The molecular weight excluding hydrogens is 1120 g/mol. The summed E-state index contributed by atoms with van der Waals surface area (Å²) in [6.45, 7) is 0. The van der Waals surface area contributed by atoms with Crippen molar-refractivity contribution < 1.29 is 365 Å². The smallest absolute Gasteiger partial charge is 0.211 e. The maximum atomic E-state index is 11.0. The van der Waals surface area contributed by atoms with Crippen molar-refractivity contribution in [1.82, 2.24) is 0 Å². The molecule has 1 nitrogen and oxygen atoms in total. The summed E-state index contributed by atoms with van der Waals surface area (Å²) in [7, 11) is 0. The largest absolute Gasteiger partial charge is 0.289 e. The predicted octanol–water partition coefficient (Wildman–Crippen LogP) is 0.853. The Labute approximate surface area is 411 Å². The van der Waals surface area contributed by atoms with Gasteiger partial charge < -0.3 is 0 Å². The summed E-state index contributed by atoms with van der Waals surface area (Å²) < 4.78 is 0. The van der Waals surface area contributed by atoms with Crippen molar-refractivity contribution in [1.29, 1.82) is 0 Å². The number of rotatable bonds is 2. The van der Waals surface area contributed by atoms with Crippen LogP contribution in [0.4, 0.5) is 0 Å². The standard InChI is InChI=1S/C8H8OS.11Y/c9-8(6-10)7-4-2-1-3-5-7;;;;;;;;;;;/h1-5,10H,6H2;;;;;;;;;;;/p+1. The fourth-order valence-electron chi connectivity index (χ4n) is 0.726. The summed E-state index contributed by atoms with van der Waals surface area (Å²) in [6.07, 6.45) is 0. The van der Waals surface area contributed by atoms with Crippen molar-refractivity contribution in [3.63, 3.8) is 0 Å². The molecule has 0 atom stereocenters. The SMILES string of the molecule is O=C(C[SH2+])c1ccccc1.[Y].[Y].[Y].[Y].[Y].[Y].[Y].[Y].[Y].[Y].[Y]. The van der Waals surface area contributed by atoms with Gasteiger partial charge in [-0.3, -0.25) is 4.79 Å². The first kappa shape index (κ1) is 69.8. The summed E-state index contributed by atoms with van der Waals surface area (Å²) in [4.78, 5) is 11.0. The van der Waals surface area contributed by atoms with Crippen LogP contribution in [0.25, 0.3) is 0 Å². The Morgan fingerprint density at radius 1 is 0.667 bits per heavy atom. The fourth-order valence-corrected chi connectivity index (χ4v) is 0.930. The predicted molar refractivity (Wildman–Crippen MR) is 45.8 cm³/mol. The molecular formula is C8H9OSY11+. The molecule has 0 aliphatic rings. The van der Waals surface area contributed by atoms with E-state index < -0.39 is 0 Å². The van der Waals surface area contributed by atoms with Crippen LogP contribution in [0.2, 0.25) is 0 Å². The summed E-state index contributed by atoms with van der Waals surface area (Å²) >= 11 is 3.15. The quantitative estimate of drug-likeness (QED) is 0.318. The van der Waals surface area contributed by atoms with E-state index in [0.717, 1.165) is 5.56 Å². The Bertz CT molecular complexity index is 239. The van der Waals surface area contributed by atoms with E-state index in [4.69, 9.17) is 0 Å². The molecule has 1 aromatic carbocycles. The molecule has 85 valence electrons. The van der Waals surface area contributed by atoms with Gasteiger partial charge in [0.15, 0.2) is 5.75 Å². The van der Waals surface area contributed by atoms with E-state index in [0.29, 0.717) is 5.75 Å². The van der Waals surface area contributed by atoms with Gasteiger partial charge in [0.1, 0.15) is 0 Å². The summed E-state index contributed by atoms with van der Waals surface area (Å²) in [5.74, 6) is 0.515. The van der Waals surface area contributed by atoms with Crippen LogP contribution in [0, 0.1) is 0 Å². The molecule has 11 radical (unpaired) electrons. The molecule has 0 aliphatic heterocycles. The van der Waals surface area contributed by atoms with Crippen LogP contribution in [-0.2, 0) is 372 Å². The Kier molecular flexibility index (Phi) is 176. The number of Topliss-reactive ketones (excluding diaryl/α,β-unsaturated/α-hetero) is 1. The number of hydrogen-bond donors (Lipinski definition) is 0. The third-order valence-electron chi connectivity index (χ3n) is 1.26. The second-order valence-electron chi connectivity index (χ2n) is 1.97. The van der Waals surface area contributed by atoms with Gasteiger partial charge in [-0.2, -0.15) is 0 Å². The Balaban J connectivity index is -0.0000000101. The molecule has 0 N–H and O–H groups in total. The first-order chi connectivity index (χ1) is 4.84. The van der Waals surface area contributed by atoms with Gasteiger partial charge >= 0.3 is 0 Å². The summed E-state index contributed by atoms with van der Waals surface area (Å²) in [6, 6.07) is 9.22. The molecule has 1 aromatic rings. The maximum Gasteiger partial charge on any atom is 0.211 e. The molecule has 0 aromatic heterocycles. The maximum absolute atomic E-state index is 11.0. The third kappa shape index (κ3) is 42.1. The van der Waals surface area contributed by atoms with Crippen molar-refractivity contribution in [3.8, 4) is 0 Å². The van der Waals surface area contributed by atoms with Crippen LogP contribution in [0.3, 0.4) is 0 Å². The molecule has 0 bridgehead atoms. The van der Waals surface area contributed by atoms with Crippen molar-refractivity contribution in [2.24, 2.45) is 0 Å². The van der Waals surface area contributed by atoms with E-state index >= 15 is 0 Å². The molecule has 0 saturated carbocycles. The van der Waals surface area contributed by atoms with Crippen molar-refractivity contribution in [3.05, 3.63) is 35.9 Å². The zero-order valence-electron chi connectivity index (χ0n) is 11.9. The molecule has 21 heavy (non-hydrogen) atoms. The van der Waals surface area contributed by atoms with Gasteiger partial charge in [-0.15, -0.1) is 0 Å². The minimum atomic E-state index is 0. The first-order valence-corrected chi connectivity index (χ1v) is 3.78. The van der Waals surface area contributed by atoms with Gasteiger partial charge in [0, 0.05) is 365 Å². The Morgan fingerprint density at radius 3 is 1.19 bits per heavy atom. The second-order valence-corrected chi connectivity index (χ2v) is 2.32. The average Bonchev–Trinajstić information content (AvgIpc) is 2.05. The van der Waals surface area contributed by atoms with Gasteiger partial charge in [0.2, 0.25) is 5.78 Å². The van der Waals surface area contributed by atoms with Crippen molar-refractivity contribution in [2.75, 3.05) is 5.75 Å². The Hall–Kier alpha value is 11.4. The minimum Gasteiger partial charge on any atom is -0.289 e. The van der Waals surface area contributed by atoms with Gasteiger partial charge in [0.05, 0.1) is 0 Å². The second kappa shape index (κ2) is 53.0. The molecule has 0 amide bonds. The normalized spacial score (nSPS) is 4.43. The van der Waals surface area contributed by atoms with Crippen LogP contribution in [0.15, 0.2) is 30.3 Å². The summed E-state index contributed by atoms with van der Waals surface area (Å²) in [5, 5.41) is 0. The fraction of sp³-hybridized carbons (Fsp3) is 0.125. The van der Waals surface area contributed by atoms with Crippen molar-refractivity contribution >= 4 is 18.4 Å². The number of benzene rings is 1. The number of carbonyl (C=O) groups excluding carboxylic acids is 1. The number of ketones is 1. The first-order valence-electron chi connectivity index (χ1n) is 3.07. The van der Waals surface area contributed by atoms with Crippen LogP contribution in [0.1, 0.15) is 10.4 Å². The Morgan fingerprint density at radius 2 is 0.952 bits per heavy atom. The average molecular weight is 1130 g/mol. The molecule has 0 heterocycles. The van der Waals surface area contributed by atoms with E-state index in [1.807, 2.05) is 30.3 Å². The molecule has 1 rings (SSSR count). The van der Waals surface area contributed by atoms with Gasteiger partial charge in [0.25, 0.3) is 0 Å². The molecule has 0 aliphatic carbocycles.